The lowest BCUT2D eigenvalue weighted by atomic mass is 10.1. The molecule has 9 nitrogen and oxygen atoms in total. The number of amides is 1. The Morgan fingerprint density at radius 1 is 1.06 bits per heavy atom. The highest BCUT2D eigenvalue weighted by Crippen LogP contribution is 2.19. The summed E-state index contributed by atoms with van der Waals surface area (Å²) in [5, 5.41) is 14.6. The van der Waals surface area contributed by atoms with E-state index < -0.39 is 16.8 Å². The molecule has 3 rings (SSSR count). The monoisotopic (exact) mass is 447 g/mol. The molecule has 0 heterocycles. The summed E-state index contributed by atoms with van der Waals surface area (Å²) in [5.41, 5.74) is 5.06. The summed E-state index contributed by atoms with van der Waals surface area (Å²) in [6.45, 7) is 3.69. The molecule has 0 bridgehead atoms. The van der Waals surface area contributed by atoms with Crippen LogP contribution in [-0.2, 0) is 4.79 Å². The van der Waals surface area contributed by atoms with Crippen molar-refractivity contribution in [2.45, 2.75) is 13.8 Å². The summed E-state index contributed by atoms with van der Waals surface area (Å²) in [6, 6.07) is 17.3. The van der Waals surface area contributed by atoms with Crippen LogP contribution in [0.5, 0.6) is 11.5 Å². The largest absolute Gasteiger partial charge is 0.483 e. The molecule has 0 unspecified atom stereocenters. The van der Waals surface area contributed by atoms with Crippen molar-refractivity contribution in [1.82, 2.24) is 5.43 Å². The predicted molar refractivity (Wildman–Crippen MR) is 122 cm³/mol. The number of aryl methyl sites for hydroxylation is 2. The molecule has 3 aromatic rings. The first-order valence-corrected chi connectivity index (χ1v) is 9.90. The highest BCUT2D eigenvalue weighted by Gasteiger charge is 2.12. The molecular weight excluding hydrogens is 426 g/mol. The average Bonchev–Trinajstić information content (AvgIpc) is 2.79. The van der Waals surface area contributed by atoms with Gasteiger partial charge in [-0.2, -0.15) is 5.10 Å². The fourth-order valence-corrected chi connectivity index (χ4v) is 2.86. The molecular formula is C24H21N3O6. The number of esters is 1. The third kappa shape index (κ3) is 6.73. The maximum atomic E-state index is 12.2. The van der Waals surface area contributed by atoms with Gasteiger partial charge in [0.25, 0.3) is 11.6 Å². The molecule has 0 saturated carbocycles. The molecule has 0 saturated heterocycles. The van der Waals surface area contributed by atoms with Crippen LogP contribution in [0, 0.1) is 24.0 Å². The number of rotatable bonds is 8. The van der Waals surface area contributed by atoms with Crippen molar-refractivity contribution < 1.29 is 24.0 Å². The Hall–Kier alpha value is -4.53. The maximum Gasteiger partial charge on any atom is 0.343 e. The van der Waals surface area contributed by atoms with E-state index in [1.54, 1.807) is 24.3 Å². The van der Waals surface area contributed by atoms with Gasteiger partial charge in [0.15, 0.2) is 6.61 Å². The van der Waals surface area contributed by atoms with Crippen molar-refractivity contribution in [3.8, 4) is 11.5 Å². The van der Waals surface area contributed by atoms with E-state index in [0.717, 1.165) is 11.1 Å². The van der Waals surface area contributed by atoms with Gasteiger partial charge < -0.3 is 9.47 Å². The van der Waals surface area contributed by atoms with Gasteiger partial charge in [-0.1, -0.05) is 29.8 Å². The number of benzene rings is 3. The van der Waals surface area contributed by atoms with Gasteiger partial charge >= 0.3 is 5.97 Å². The number of hydrogen-bond acceptors (Lipinski definition) is 7. The molecule has 1 N–H and O–H groups in total. The zero-order chi connectivity index (χ0) is 23.8. The second-order valence-corrected chi connectivity index (χ2v) is 7.12. The van der Waals surface area contributed by atoms with Crippen LogP contribution < -0.4 is 14.9 Å². The second kappa shape index (κ2) is 10.7. The van der Waals surface area contributed by atoms with Crippen LogP contribution in [0.1, 0.15) is 27.0 Å². The van der Waals surface area contributed by atoms with Crippen LogP contribution in [0.3, 0.4) is 0 Å². The van der Waals surface area contributed by atoms with E-state index >= 15 is 0 Å². The summed E-state index contributed by atoms with van der Waals surface area (Å²) in [4.78, 5) is 34.4. The van der Waals surface area contributed by atoms with E-state index in [1.165, 1.54) is 30.5 Å². The first-order chi connectivity index (χ1) is 15.8. The molecule has 0 aliphatic carbocycles. The van der Waals surface area contributed by atoms with Gasteiger partial charge in [0, 0.05) is 12.1 Å². The molecule has 0 spiro atoms. The van der Waals surface area contributed by atoms with E-state index in [1.807, 2.05) is 32.0 Å². The van der Waals surface area contributed by atoms with E-state index in [2.05, 4.69) is 10.5 Å². The van der Waals surface area contributed by atoms with Crippen molar-refractivity contribution in [3.05, 3.63) is 99.1 Å². The molecule has 33 heavy (non-hydrogen) atoms. The Labute approximate surface area is 189 Å². The van der Waals surface area contributed by atoms with Gasteiger partial charge in [0.05, 0.1) is 16.7 Å². The van der Waals surface area contributed by atoms with E-state index in [-0.39, 0.29) is 23.6 Å². The number of nitrogens with one attached hydrogen (secondary N) is 1. The van der Waals surface area contributed by atoms with Crippen LogP contribution in [0.4, 0.5) is 5.69 Å². The van der Waals surface area contributed by atoms with Gasteiger partial charge in [-0.05, 0) is 55.3 Å². The van der Waals surface area contributed by atoms with Crippen molar-refractivity contribution in [2.75, 3.05) is 6.61 Å². The van der Waals surface area contributed by atoms with Crippen LogP contribution in [-0.4, -0.2) is 29.6 Å². The SMILES string of the molecule is Cc1ccc(OCC(=O)N/N=C\c2cccc(OC(=O)c3ccc([N+](=O)[O-])cc3)c2)c(C)c1. The smallest absolute Gasteiger partial charge is 0.343 e. The number of carbonyl (C=O) groups is 2. The fourth-order valence-electron chi connectivity index (χ4n) is 2.86. The van der Waals surface area contributed by atoms with Crippen LogP contribution in [0.25, 0.3) is 0 Å². The number of non-ortho nitro benzene ring substituents is 1. The second-order valence-electron chi connectivity index (χ2n) is 7.12. The number of carbonyl (C=O) groups excluding carboxylic acids is 2. The number of hydrazone groups is 1. The summed E-state index contributed by atoms with van der Waals surface area (Å²) in [7, 11) is 0. The van der Waals surface area contributed by atoms with Gasteiger partial charge in [0.1, 0.15) is 11.5 Å². The van der Waals surface area contributed by atoms with Crippen LogP contribution in [0.2, 0.25) is 0 Å². The number of nitrogens with zero attached hydrogens (tertiary/aromatic N) is 2. The summed E-state index contributed by atoms with van der Waals surface area (Å²) in [5.74, 6) is -0.197. The molecule has 9 heteroatoms. The molecule has 0 fully saturated rings. The van der Waals surface area contributed by atoms with E-state index in [0.29, 0.717) is 11.3 Å². The third-order valence-corrected chi connectivity index (χ3v) is 4.47. The zero-order valence-electron chi connectivity index (χ0n) is 18.0. The molecule has 0 aromatic heterocycles. The average molecular weight is 447 g/mol. The van der Waals surface area contributed by atoms with Crippen molar-refractivity contribution in [1.29, 1.82) is 0 Å². The normalized spacial score (nSPS) is 10.6. The Kier molecular flexibility index (Phi) is 7.48. The minimum atomic E-state index is -0.657. The van der Waals surface area contributed by atoms with Gasteiger partial charge in [-0.25, -0.2) is 10.2 Å². The first-order valence-electron chi connectivity index (χ1n) is 9.90. The highest BCUT2D eigenvalue weighted by molar-refractivity contribution is 5.91. The van der Waals surface area contributed by atoms with E-state index in [9.17, 15) is 19.7 Å². The van der Waals surface area contributed by atoms with Gasteiger partial charge in [-0.15, -0.1) is 0 Å². The van der Waals surface area contributed by atoms with Gasteiger partial charge in [-0.3, -0.25) is 14.9 Å². The van der Waals surface area contributed by atoms with E-state index in [4.69, 9.17) is 9.47 Å². The molecule has 0 aliphatic heterocycles. The lowest BCUT2D eigenvalue weighted by molar-refractivity contribution is -0.384. The highest BCUT2D eigenvalue weighted by atomic mass is 16.6. The predicted octanol–water partition coefficient (Wildman–Crippen LogP) is 3.96. The van der Waals surface area contributed by atoms with Crippen LogP contribution in [0.15, 0.2) is 71.8 Å². The van der Waals surface area contributed by atoms with Crippen molar-refractivity contribution in [2.24, 2.45) is 5.10 Å². The molecule has 1 amide bonds. The molecule has 3 aromatic carbocycles. The maximum absolute atomic E-state index is 12.2. The van der Waals surface area contributed by atoms with Crippen LogP contribution >= 0.6 is 0 Å². The standard InChI is InChI=1S/C24H21N3O6/c1-16-6-11-22(17(2)12-16)32-15-23(28)26-25-14-18-4-3-5-21(13-18)33-24(29)19-7-9-20(10-8-19)27(30)31/h3-14H,15H2,1-2H3,(H,26,28)/b25-14-. The van der Waals surface area contributed by atoms with Crippen molar-refractivity contribution in [3.63, 3.8) is 0 Å². The molecule has 0 radical (unpaired) electrons. The lowest BCUT2D eigenvalue weighted by Crippen LogP contribution is -2.24. The molecule has 0 aliphatic rings. The third-order valence-electron chi connectivity index (χ3n) is 4.47. The Balaban J connectivity index is 1.53. The molecule has 168 valence electrons. The minimum absolute atomic E-state index is 0.119. The summed E-state index contributed by atoms with van der Waals surface area (Å²) in [6.07, 6.45) is 1.40. The summed E-state index contributed by atoms with van der Waals surface area (Å²) >= 11 is 0. The minimum Gasteiger partial charge on any atom is -0.483 e. The lowest BCUT2D eigenvalue weighted by Gasteiger charge is -2.08. The molecule has 0 atom stereocenters. The Bertz CT molecular complexity index is 1210. The number of ether oxygens (including phenoxy) is 2. The zero-order valence-corrected chi connectivity index (χ0v) is 18.0. The van der Waals surface area contributed by atoms with Gasteiger partial charge in [0.2, 0.25) is 0 Å². The number of nitro benzene ring substituents is 1. The fraction of sp³-hybridized carbons (Fsp3) is 0.125. The quantitative estimate of drug-likeness (QED) is 0.183. The summed E-state index contributed by atoms with van der Waals surface area (Å²) < 4.78 is 10.8. The first kappa shape index (κ1) is 23.1. The topological polar surface area (TPSA) is 120 Å². The Morgan fingerprint density at radius 2 is 1.82 bits per heavy atom. The van der Waals surface area contributed by atoms with Crippen molar-refractivity contribution >= 4 is 23.8 Å². The number of nitro groups is 1. The number of hydrogen-bond donors (Lipinski definition) is 1. The Morgan fingerprint density at radius 3 is 2.52 bits per heavy atom.